The van der Waals surface area contributed by atoms with Gasteiger partial charge in [0.15, 0.2) is 0 Å². The van der Waals surface area contributed by atoms with Gasteiger partial charge < -0.3 is 0 Å². The van der Waals surface area contributed by atoms with E-state index in [1.54, 1.807) is 0 Å². The average molecular weight is 173 g/mol. The minimum atomic E-state index is 0.292. The van der Waals surface area contributed by atoms with E-state index < -0.39 is 0 Å². The molecule has 0 amide bonds. The summed E-state index contributed by atoms with van der Waals surface area (Å²) < 4.78 is 0. The smallest absolute Gasteiger partial charge is 0.0688 e. The Bertz CT molecular complexity index is 361. The van der Waals surface area contributed by atoms with Gasteiger partial charge in [-0.1, -0.05) is 26.0 Å². The molecule has 68 valence electrons. The third-order valence-electron chi connectivity index (χ3n) is 2.52. The van der Waals surface area contributed by atoms with Crippen LogP contribution in [-0.2, 0) is 6.42 Å². The highest BCUT2D eigenvalue weighted by Gasteiger charge is 2.23. The van der Waals surface area contributed by atoms with Crippen molar-refractivity contribution in [1.29, 1.82) is 0 Å². The molecule has 0 fully saturated rings. The third kappa shape index (κ3) is 1.51. The molecular weight excluding hydrogens is 158 g/mol. The molecule has 1 heterocycles. The van der Waals surface area contributed by atoms with Gasteiger partial charge in [0, 0.05) is 6.20 Å². The molecule has 0 aliphatic heterocycles. The van der Waals surface area contributed by atoms with Crippen molar-refractivity contribution in [2.75, 3.05) is 0 Å². The largest absolute Gasteiger partial charge is 0.256 e. The maximum atomic E-state index is 4.40. The summed E-state index contributed by atoms with van der Waals surface area (Å²) in [5.74, 6) is 0. The Morgan fingerprint density at radius 2 is 2.15 bits per heavy atom. The molecule has 1 nitrogen and oxygen atoms in total. The number of nitrogens with zero attached hydrogens (tertiary/aromatic N) is 1. The van der Waals surface area contributed by atoms with E-state index >= 15 is 0 Å². The summed E-state index contributed by atoms with van der Waals surface area (Å²) in [5, 5.41) is 0. The number of pyridine rings is 1. The highest BCUT2D eigenvalue weighted by atomic mass is 14.7. The lowest BCUT2D eigenvalue weighted by atomic mass is 9.78. The van der Waals surface area contributed by atoms with Crippen molar-refractivity contribution >= 4 is 5.57 Å². The molecule has 1 aliphatic carbocycles. The molecule has 0 radical (unpaired) electrons. The molecule has 13 heavy (non-hydrogen) atoms. The van der Waals surface area contributed by atoms with Gasteiger partial charge in [-0.15, -0.1) is 0 Å². The number of hydrogen-bond donors (Lipinski definition) is 0. The normalized spacial score (nSPS) is 19.2. The Hall–Kier alpha value is -1.11. The molecule has 0 atom stereocenters. The van der Waals surface area contributed by atoms with Crippen LogP contribution in [0.2, 0.25) is 0 Å². The van der Waals surface area contributed by atoms with E-state index in [1.807, 2.05) is 12.3 Å². The highest BCUT2D eigenvalue weighted by Crippen LogP contribution is 2.34. The van der Waals surface area contributed by atoms with Crippen LogP contribution >= 0.6 is 0 Å². The maximum Gasteiger partial charge on any atom is 0.0688 e. The number of rotatable bonds is 0. The molecule has 1 heteroatoms. The second-order valence-electron chi connectivity index (χ2n) is 4.50. The van der Waals surface area contributed by atoms with Gasteiger partial charge in [0.25, 0.3) is 0 Å². The van der Waals surface area contributed by atoms with Crippen LogP contribution in [0, 0.1) is 5.41 Å². The van der Waals surface area contributed by atoms with Gasteiger partial charge in [-0.05, 0) is 36.0 Å². The zero-order valence-corrected chi connectivity index (χ0v) is 8.46. The summed E-state index contributed by atoms with van der Waals surface area (Å²) >= 11 is 0. The van der Waals surface area contributed by atoms with Crippen LogP contribution in [0.25, 0.3) is 5.57 Å². The predicted molar refractivity (Wildman–Crippen MR) is 55.4 cm³/mol. The molecule has 0 saturated heterocycles. The lowest BCUT2D eigenvalue weighted by Gasteiger charge is -2.27. The summed E-state index contributed by atoms with van der Waals surface area (Å²) in [6.07, 6.45) is 5.30. The number of aromatic nitrogens is 1. The number of hydrogen-bond acceptors (Lipinski definition) is 1. The Balaban J connectivity index is 2.55. The van der Waals surface area contributed by atoms with E-state index in [9.17, 15) is 0 Å². The summed E-state index contributed by atoms with van der Waals surface area (Å²) in [6, 6.07) is 4.20. The van der Waals surface area contributed by atoms with Crippen molar-refractivity contribution in [2.24, 2.45) is 5.41 Å². The maximum absolute atomic E-state index is 4.40. The first-order valence-corrected chi connectivity index (χ1v) is 4.72. The molecule has 0 saturated carbocycles. The minimum Gasteiger partial charge on any atom is -0.256 e. The Morgan fingerprint density at radius 1 is 1.38 bits per heavy atom. The van der Waals surface area contributed by atoms with E-state index in [0.717, 1.165) is 6.42 Å². The van der Waals surface area contributed by atoms with Crippen LogP contribution in [0.1, 0.15) is 32.0 Å². The van der Waals surface area contributed by atoms with Gasteiger partial charge in [-0.2, -0.15) is 0 Å². The Kier molecular flexibility index (Phi) is 1.76. The Labute approximate surface area is 79.5 Å². The zero-order chi connectivity index (χ0) is 9.47. The number of allylic oxidation sites excluding steroid dienone is 2. The second kappa shape index (κ2) is 2.69. The highest BCUT2D eigenvalue weighted by molar-refractivity contribution is 5.66. The fourth-order valence-electron chi connectivity index (χ4n) is 2.13. The van der Waals surface area contributed by atoms with Crippen LogP contribution in [0.4, 0.5) is 0 Å². The van der Waals surface area contributed by atoms with E-state index in [1.165, 1.54) is 16.8 Å². The van der Waals surface area contributed by atoms with Gasteiger partial charge in [0.05, 0.1) is 5.69 Å². The summed E-state index contributed by atoms with van der Waals surface area (Å²) in [7, 11) is 0. The molecule has 1 aromatic rings. The zero-order valence-electron chi connectivity index (χ0n) is 8.46. The average Bonchev–Trinajstić information content (AvgIpc) is 2.02. The first kappa shape index (κ1) is 8.49. The van der Waals surface area contributed by atoms with Crippen LogP contribution in [0.3, 0.4) is 0 Å². The van der Waals surface area contributed by atoms with Gasteiger partial charge in [0.1, 0.15) is 0 Å². The van der Waals surface area contributed by atoms with Crippen molar-refractivity contribution in [1.82, 2.24) is 4.98 Å². The van der Waals surface area contributed by atoms with Gasteiger partial charge in [0.2, 0.25) is 0 Å². The van der Waals surface area contributed by atoms with Crippen molar-refractivity contribution in [2.45, 2.75) is 27.2 Å². The predicted octanol–water partition coefficient (Wildman–Crippen LogP) is 3.07. The summed E-state index contributed by atoms with van der Waals surface area (Å²) in [5.41, 5.74) is 4.17. The second-order valence-corrected chi connectivity index (χ2v) is 4.50. The minimum absolute atomic E-state index is 0.292. The lowest BCUT2D eigenvalue weighted by Crippen LogP contribution is -2.18. The van der Waals surface area contributed by atoms with Crippen molar-refractivity contribution in [3.63, 3.8) is 0 Å². The van der Waals surface area contributed by atoms with Gasteiger partial charge in [-0.25, -0.2) is 0 Å². The van der Waals surface area contributed by atoms with E-state index in [0.29, 0.717) is 5.41 Å². The van der Waals surface area contributed by atoms with Crippen molar-refractivity contribution in [3.05, 3.63) is 35.7 Å². The quantitative estimate of drug-likeness (QED) is 0.587. The van der Waals surface area contributed by atoms with Crippen molar-refractivity contribution in [3.8, 4) is 0 Å². The topological polar surface area (TPSA) is 12.9 Å². The van der Waals surface area contributed by atoms with E-state index in [4.69, 9.17) is 0 Å². The van der Waals surface area contributed by atoms with Gasteiger partial charge in [-0.3, -0.25) is 4.98 Å². The molecule has 0 bridgehead atoms. The summed E-state index contributed by atoms with van der Waals surface area (Å²) in [4.78, 5) is 4.40. The molecule has 1 aromatic heterocycles. The molecule has 0 N–H and O–H groups in total. The van der Waals surface area contributed by atoms with Crippen LogP contribution in [0.15, 0.2) is 24.4 Å². The standard InChI is InChI=1S/C12H15N/c1-9-7-12(2,3)8-10-5-4-6-13-11(9)10/h4-7H,8H2,1-3H3. The molecule has 0 aromatic carbocycles. The lowest BCUT2D eigenvalue weighted by molar-refractivity contribution is 0.471. The molecule has 1 aliphatic rings. The monoisotopic (exact) mass is 173 g/mol. The fourth-order valence-corrected chi connectivity index (χ4v) is 2.13. The van der Waals surface area contributed by atoms with Crippen LogP contribution < -0.4 is 0 Å². The number of fused-ring (bicyclic) bond motifs is 1. The Morgan fingerprint density at radius 3 is 2.92 bits per heavy atom. The molecule has 0 unspecified atom stereocenters. The van der Waals surface area contributed by atoms with E-state index in [-0.39, 0.29) is 0 Å². The SMILES string of the molecule is CC1=CC(C)(C)Cc2cccnc21. The molecule has 0 spiro atoms. The van der Waals surface area contributed by atoms with Crippen LogP contribution in [0.5, 0.6) is 0 Å². The van der Waals surface area contributed by atoms with Gasteiger partial charge >= 0.3 is 0 Å². The van der Waals surface area contributed by atoms with E-state index in [2.05, 4.69) is 37.9 Å². The first-order valence-electron chi connectivity index (χ1n) is 4.72. The van der Waals surface area contributed by atoms with Crippen LogP contribution in [-0.4, -0.2) is 4.98 Å². The molecular formula is C12H15N. The van der Waals surface area contributed by atoms with Crippen molar-refractivity contribution < 1.29 is 0 Å². The molecule has 2 rings (SSSR count). The summed E-state index contributed by atoms with van der Waals surface area (Å²) in [6.45, 7) is 6.69. The first-order chi connectivity index (χ1) is 6.08. The third-order valence-corrected chi connectivity index (χ3v) is 2.52. The fraction of sp³-hybridized carbons (Fsp3) is 0.417.